The number of fused-ring (bicyclic) bond motifs is 1. The van der Waals surface area contributed by atoms with Crippen molar-refractivity contribution in [2.24, 2.45) is 0 Å². The maximum Gasteiger partial charge on any atom is 0.266 e. The number of halogens is 1. The Kier molecular flexibility index (Phi) is 4.38. The molecule has 0 radical (unpaired) electrons. The summed E-state index contributed by atoms with van der Waals surface area (Å²) in [4.78, 5) is 20.3. The van der Waals surface area contributed by atoms with Crippen LogP contribution in [0.15, 0.2) is 41.5 Å². The molecule has 0 saturated carbocycles. The minimum absolute atomic E-state index is 0.196. The summed E-state index contributed by atoms with van der Waals surface area (Å²) < 4.78 is 6.46. The standard InChI is InChI=1S/C15H14ClN5O2/c1-23-10-8-12-15(19-9-10)11(4-5-17-12)18-6-7-21-14(22)3-2-13(16)20-21/h2-5,8-9H,6-7H2,1H3,(H,17,18). The summed E-state index contributed by atoms with van der Waals surface area (Å²) in [7, 11) is 1.58. The highest BCUT2D eigenvalue weighted by atomic mass is 35.5. The van der Waals surface area contributed by atoms with Crippen molar-refractivity contribution < 1.29 is 4.74 Å². The van der Waals surface area contributed by atoms with Gasteiger partial charge in [0.1, 0.15) is 16.4 Å². The Morgan fingerprint density at radius 3 is 3.00 bits per heavy atom. The molecular formula is C15H14ClN5O2. The van der Waals surface area contributed by atoms with Gasteiger partial charge in [-0.3, -0.25) is 9.78 Å². The highest BCUT2D eigenvalue weighted by Gasteiger charge is 2.05. The van der Waals surface area contributed by atoms with Gasteiger partial charge in [-0.05, 0) is 12.1 Å². The van der Waals surface area contributed by atoms with Gasteiger partial charge in [-0.1, -0.05) is 11.6 Å². The third kappa shape index (κ3) is 3.40. The van der Waals surface area contributed by atoms with Crippen molar-refractivity contribution in [3.05, 3.63) is 52.2 Å². The van der Waals surface area contributed by atoms with Gasteiger partial charge in [0.15, 0.2) is 0 Å². The maximum absolute atomic E-state index is 11.7. The van der Waals surface area contributed by atoms with E-state index < -0.39 is 0 Å². The van der Waals surface area contributed by atoms with Crippen LogP contribution in [0, 0.1) is 0 Å². The van der Waals surface area contributed by atoms with Gasteiger partial charge in [0.25, 0.3) is 5.56 Å². The molecule has 118 valence electrons. The maximum atomic E-state index is 11.7. The molecule has 1 N–H and O–H groups in total. The molecule has 0 fully saturated rings. The summed E-state index contributed by atoms with van der Waals surface area (Å²) in [5, 5.41) is 7.49. The predicted molar refractivity (Wildman–Crippen MR) is 88.1 cm³/mol. The number of pyridine rings is 2. The van der Waals surface area contributed by atoms with E-state index in [0.717, 1.165) is 16.7 Å². The highest BCUT2D eigenvalue weighted by molar-refractivity contribution is 6.29. The Balaban J connectivity index is 1.77. The van der Waals surface area contributed by atoms with Crippen LogP contribution in [0.4, 0.5) is 5.69 Å². The van der Waals surface area contributed by atoms with E-state index in [4.69, 9.17) is 16.3 Å². The minimum Gasteiger partial charge on any atom is -0.495 e. The van der Waals surface area contributed by atoms with Crippen LogP contribution >= 0.6 is 11.6 Å². The second-order valence-corrected chi connectivity index (χ2v) is 5.13. The molecule has 3 aromatic rings. The van der Waals surface area contributed by atoms with Gasteiger partial charge < -0.3 is 10.1 Å². The number of methoxy groups -OCH3 is 1. The van der Waals surface area contributed by atoms with Crippen LogP contribution in [-0.2, 0) is 6.54 Å². The number of hydrogen-bond donors (Lipinski definition) is 1. The van der Waals surface area contributed by atoms with Gasteiger partial charge >= 0.3 is 0 Å². The van der Waals surface area contributed by atoms with E-state index in [0.29, 0.717) is 18.8 Å². The molecule has 0 saturated heterocycles. The first kappa shape index (κ1) is 15.2. The van der Waals surface area contributed by atoms with Crippen LogP contribution in [0.5, 0.6) is 5.75 Å². The van der Waals surface area contributed by atoms with Crippen LogP contribution in [0.1, 0.15) is 0 Å². The number of nitrogens with one attached hydrogen (secondary N) is 1. The SMILES string of the molecule is COc1cnc2c(NCCn3nc(Cl)ccc3=O)ccnc2c1. The number of nitrogens with zero attached hydrogens (tertiary/aromatic N) is 4. The first-order valence-electron chi connectivity index (χ1n) is 6.93. The molecule has 8 heteroatoms. The molecule has 0 bridgehead atoms. The Hall–Kier alpha value is -2.67. The van der Waals surface area contributed by atoms with Crippen LogP contribution in [0.25, 0.3) is 11.0 Å². The molecule has 0 atom stereocenters. The molecule has 0 aliphatic carbocycles. The van der Waals surface area contributed by atoms with Crippen LogP contribution in [-0.4, -0.2) is 33.4 Å². The smallest absolute Gasteiger partial charge is 0.266 e. The number of rotatable bonds is 5. The molecule has 0 aromatic carbocycles. The highest BCUT2D eigenvalue weighted by Crippen LogP contribution is 2.22. The average molecular weight is 332 g/mol. The van der Waals surface area contributed by atoms with Gasteiger partial charge in [-0.15, -0.1) is 0 Å². The van der Waals surface area contributed by atoms with Crippen molar-refractivity contribution in [2.75, 3.05) is 19.0 Å². The van der Waals surface area contributed by atoms with Crippen molar-refractivity contribution in [3.8, 4) is 5.75 Å². The molecular weight excluding hydrogens is 318 g/mol. The third-order valence-electron chi connectivity index (χ3n) is 3.26. The summed E-state index contributed by atoms with van der Waals surface area (Å²) in [5.74, 6) is 0.650. The number of ether oxygens (including phenoxy) is 1. The molecule has 0 amide bonds. The summed E-state index contributed by atoms with van der Waals surface area (Å²) in [6.07, 6.45) is 3.33. The summed E-state index contributed by atoms with van der Waals surface area (Å²) >= 11 is 5.80. The lowest BCUT2D eigenvalue weighted by Gasteiger charge is -2.10. The Labute approximate surface area is 136 Å². The Morgan fingerprint density at radius 1 is 1.30 bits per heavy atom. The lowest BCUT2D eigenvalue weighted by molar-refractivity contribution is 0.413. The lowest BCUT2D eigenvalue weighted by Crippen LogP contribution is -2.25. The van der Waals surface area contributed by atoms with Crippen molar-refractivity contribution in [1.29, 1.82) is 0 Å². The van der Waals surface area contributed by atoms with Crippen molar-refractivity contribution in [2.45, 2.75) is 6.54 Å². The zero-order chi connectivity index (χ0) is 16.2. The third-order valence-corrected chi connectivity index (χ3v) is 3.46. The summed E-state index contributed by atoms with van der Waals surface area (Å²) in [5.41, 5.74) is 2.10. The first-order chi connectivity index (χ1) is 11.2. The minimum atomic E-state index is -0.196. The van der Waals surface area contributed by atoms with Gasteiger partial charge in [-0.2, -0.15) is 5.10 Å². The summed E-state index contributed by atoms with van der Waals surface area (Å²) in [6.45, 7) is 0.888. The van der Waals surface area contributed by atoms with Crippen molar-refractivity contribution in [1.82, 2.24) is 19.7 Å². The van der Waals surface area contributed by atoms with Crippen molar-refractivity contribution in [3.63, 3.8) is 0 Å². The van der Waals surface area contributed by atoms with E-state index >= 15 is 0 Å². The van der Waals surface area contributed by atoms with Gasteiger partial charge in [0.05, 0.1) is 31.1 Å². The van der Waals surface area contributed by atoms with Crippen molar-refractivity contribution >= 4 is 28.3 Å². The van der Waals surface area contributed by atoms with E-state index in [9.17, 15) is 4.79 Å². The van der Waals surface area contributed by atoms with Gasteiger partial charge in [-0.25, -0.2) is 9.67 Å². The fourth-order valence-electron chi connectivity index (χ4n) is 2.15. The quantitative estimate of drug-likeness (QED) is 0.769. The van der Waals surface area contributed by atoms with E-state index in [1.165, 1.54) is 16.8 Å². The number of anilines is 1. The average Bonchev–Trinajstić information content (AvgIpc) is 2.57. The van der Waals surface area contributed by atoms with Crippen LogP contribution in [0.2, 0.25) is 5.15 Å². The van der Waals surface area contributed by atoms with Crippen LogP contribution < -0.4 is 15.6 Å². The van der Waals surface area contributed by atoms with E-state index in [2.05, 4.69) is 20.4 Å². The Bertz CT molecular complexity index is 896. The molecule has 23 heavy (non-hydrogen) atoms. The van der Waals surface area contributed by atoms with E-state index in [1.807, 2.05) is 12.1 Å². The first-order valence-corrected chi connectivity index (χ1v) is 7.31. The second kappa shape index (κ2) is 6.62. The number of hydrogen-bond acceptors (Lipinski definition) is 6. The van der Waals surface area contributed by atoms with Gasteiger partial charge in [0, 0.05) is 24.9 Å². The number of aromatic nitrogens is 4. The molecule has 7 nitrogen and oxygen atoms in total. The monoisotopic (exact) mass is 331 g/mol. The largest absolute Gasteiger partial charge is 0.495 e. The van der Waals surface area contributed by atoms with E-state index in [-0.39, 0.29) is 10.7 Å². The molecule has 0 spiro atoms. The van der Waals surface area contributed by atoms with E-state index in [1.54, 1.807) is 19.5 Å². The molecule has 3 heterocycles. The lowest BCUT2D eigenvalue weighted by atomic mass is 10.2. The molecule has 0 unspecified atom stereocenters. The molecule has 3 aromatic heterocycles. The zero-order valence-corrected chi connectivity index (χ0v) is 13.1. The fourth-order valence-corrected chi connectivity index (χ4v) is 2.30. The van der Waals surface area contributed by atoms with Crippen LogP contribution in [0.3, 0.4) is 0 Å². The zero-order valence-electron chi connectivity index (χ0n) is 12.4. The Morgan fingerprint density at radius 2 is 2.17 bits per heavy atom. The topological polar surface area (TPSA) is 81.9 Å². The summed E-state index contributed by atoms with van der Waals surface area (Å²) in [6, 6.07) is 6.51. The molecule has 0 aliphatic rings. The normalized spacial score (nSPS) is 10.7. The molecule has 3 rings (SSSR count). The molecule has 0 aliphatic heterocycles. The second-order valence-electron chi connectivity index (χ2n) is 4.75. The van der Waals surface area contributed by atoms with Gasteiger partial charge in [0.2, 0.25) is 0 Å². The predicted octanol–water partition coefficient (Wildman–Crippen LogP) is 1.96. The fraction of sp³-hybridized carbons (Fsp3) is 0.200.